The molecule has 1 saturated heterocycles. The monoisotopic (exact) mass is 319 g/mol. The maximum atomic E-state index is 11.9. The normalized spacial score (nSPS) is 15.9. The van der Waals surface area contributed by atoms with Crippen LogP contribution in [0.2, 0.25) is 0 Å². The number of nitrogens with one attached hydrogen (secondary N) is 2. The van der Waals surface area contributed by atoms with Crippen LogP contribution < -0.4 is 14.9 Å². The molecule has 0 aliphatic carbocycles. The second-order valence-corrected chi connectivity index (χ2v) is 6.34. The molecule has 0 saturated carbocycles. The summed E-state index contributed by atoms with van der Waals surface area (Å²) >= 11 is 1.30. The number of piperazine rings is 1. The minimum Gasteiger partial charge on any atom is -0.493 e. The Morgan fingerprint density at radius 3 is 2.82 bits per heavy atom. The molecule has 1 fully saturated rings. The molecule has 3 rings (SSSR count). The highest BCUT2D eigenvalue weighted by Crippen LogP contribution is 2.32. The van der Waals surface area contributed by atoms with Gasteiger partial charge >= 0.3 is 4.87 Å². The fourth-order valence-corrected chi connectivity index (χ4v) is 3.60. The van der Waals surface area contributed by atoms with Gasteiger partial charge in [0, 0.05) is 43.2 Å². The van der Waals surface area contributed by atoms with E-state index in [1.165, 1.54) is 11.3 Å². The van der Waals surface area contributed by atoms with Gasteiger partial charge in [0.2, 0.25) is 0 Å². The van der Waals surface area contributed by atoms with Crippen LogP contribution in [-0.2, 0) is 6.54 Å². The third-order valence-electron chi connectivity index (χ3n) is 3.75. The number of thiazole rings is 1. The van der Waals surface area contributed by atoms with E-state index in [2.05, 4.69) is 15.2 Å². The second-order valence-electron chi connectivity index (χ2n) is 5.27. The maximum absolute atomic E-state index is 11.9. The lowest BCUT2D eigenvalue weighted by Crippen LogP contribution is -2.42. The van der Waals surface area contributed by atoms with Gasteiger partial charge in [-0.25, -0.2) is 0 Å². The average molecular weight is 319 g/mol. The number of rotatable bonds is 5. The van der Waals surface area contributed by atoms with Gasteiger partial charge in [-0.05, 0) is 19.1 Å². The van der Waals surface area contributed by atoms with Crippen LogP contribution in [0.15, 0.2) is 29.1 Å². The van der Waals surface area contributed by atoms with Crippen LogP contribution in [0.3, 0.4) is 0 Å². The minimum absolute atomic E-state index is 0.00793. The lowest BCUT2D eigenvalue weighted by molar-refractivity contribution is 0.235. The summed E-state index contributed by atoms with van der Waals surface area (Å²) in [5, 5.41) is 3.35. The summed E-state index contributed by atoms with van der Waals surface area (Å²) in [6.45, 7) is 7.42. The van der Waals surface area contributed by atoms with Gasteiger partial charge < -0.3 is 15.0 Å². The summed E-state index contributed by atoms with van der Waals surface area (Å²) in [6.07, 6.45) is 0. The Labute approximate surface area is 133 Å². The Balaban J connectivity index is 1.92. The van der Waals surface area contributed by atoms with E-state index in [0.29, 0.717) is 6.61 Å². The first-order valence-corrected chi connectivity index (χ1v) is 8.47. The van der Waals surface area contributed by atoms with Crippen molar-refractivity contribution in [2.45, 2.75) is 13.5 Å². The molecule has 1 aliphatic rings. The lowest BCUT2D eigenvalue weighted by Gasteiger charge is -2.26. The lowest BCUT2D eigenvalue weighted by atomic mass is 10.1. The standard InChI is InChI=1S/C16H21N3O2S/c1-2-21-13-6-4-3-5-12(13)15-14(22-16(20)18-15)11-19-9-7-17-8-10-19/h3-6,17H,2,7-11H2,1H3,(H,18,20). The third kappa shape index (κ3) is 3.40. The summed E-state index contributed by atoms with van der Waals surface area (Å²) in [4.78, 5) is 18.3. The molecule has 0 unspecified atom stereocenters. The maximum Gasteiger partial charge on any atom is 0.305 e. The van der Waals surface area contributed by atoms with E-state index in [-0.39, 0.29) is 4.87 Å². The van der Waals surface area contributed by atoms with Gasteiger partial charge in [-0.15, -0.1) is 0 Å². The molecule has 0 spiro atoms. The second kappa shape index (κ2) is 7.09. The molecule has 0 bridgehead atoms. The van der Waals surface area contributed by atoms with E-state index in [9.17, 15) is 4.79 Å². The molecule has 1 aromatic heterocycles. The van der Waals surface area contributed by atoms with Crippen LogP contribution in [0.25, 0.3) is 11.3 Å². The highest BCUT2D eigenvalue weighted by Gasteiger charge is 2.18. The van der Waals surface area contributed by atoms with Gasteiger partial charge in [0.1, 0.15) is 5.75 Å². The molecule has 6 heteroatoms. The summed E-state index contributed by atoms with van der Waals surface area (Å²) in [5.41, 5.74) is 1.87. The van der Waals surface area contributed by atoms with Crippen molar-refractivity contribution in [2.75, 3.05) is 32.8 Å². The summed E-state index contributed by atoms with van der Waals surface area (Å²) in [6, 6.07) is 7.88. The smallest absolute Gasteiger partial charge is 0.305 e. The van der Waals surface area contributed by atoms with E-state index in [1.807, 2.05) is 31.2 Å². The topological polar surface area (TPSA) is 57.4 Å². The zero-order valence-electron chi connectivity index (χ0n) is 12.7. The molecular formula is C16H21N3O2S. The van der Waals surface area contributed by atoms with Gasteiger partial charge in [0.25, 0.3) is 0 Å². The molecule has 0 amide bonds. The summed E-state index contributed by atoms with van der Waals surface area (Å²) < 4.78 is 5.70. The quantitative estimate of drug-likeness (QED) is 0.884. The number of hydrogen-bond donors (Lipinski definition) is 2. The first kappa shape index (κ1) is 15.3. The third-order valence-corrected chi connectivity index (χ3v) is 4.62. The van der Waals surface area contributed by atoms with Crippen LogP contribution >= 0.6 is 11.3 Å². The highest BCUT2D eigenvalue weighted by atomic mass is 32.1. The van der Waals surface area contributed by atoms with E-state index in [4.69, 9.17) is 4.74 Å². The van der Waals surface area contributed by atoms with Crippen molar-refractivity contribution < 1.29 is 4.74 Å². The van der Waals surface area contributed by atoms with Crippen LogP contribution in [-0.4, -0.2) is 42.7 Å². The Morgan fingerprint density at radius 2 is 2.05 bits per heavy atom. The zero-order valence-corrected chi connectivity index (χ0v) is 13.5. The van der Waals surface area contributed by atoms with E-state index >= 15 is 0 Å². The fraction of sp³-hybridized carbons (Fsp3) is 0.438. The van der Waals surface area contributed by atoms with Crippen LogP contribution in [0.1, 0.15) is 11.8 Å². The number of benzene rings is 1. The first-order chi connectivity index (χ1) is 10.8. The zero-order chi connectivity index (χ0) is 15.4. The number of nitrogens with zero attached hydrogens (tertiary/aromatic N) is 1. The number of para-hydroxylation sites is 1. The fourth-order valence-electron chi connectivity index (χ4n) is 2.72. The van der Waals surface area contributed by atoms with Gasteiger partial charge in [-0.1, -0.05) is 23.5 Å². The average Bonchev–Trinajstić information content (AvgIpc) is 2.89. The molecular weight excluding hydrogens is 298 g/mol. The van der Waals surface area contributed by atoms with Crippen molar-refractivity contribution in [3.05, 3.63) is 38.8 Å². The molecule has 0 atom stereocenters. The van der Waals surface area contributed by atoms with Crippen molar-refractivity contribution in [2.24, 2.45) is 0 Å². The number of aromatic nitrogens is 1. The molecule has 22 heavy (non-hydrogen) atoms. The van der Waals surface area contributed by atoms with Crippen LogP contribution in [0.5, 0.6) is 5.75 Å². The Kier molecular flexibility index (Phi) is 4.92. The Morgan fingerprint density at radius 1 is 1.27 bits per heavy atom. The minimum atomic E-state index is -0.00793. The van der Waals surface area contributed by atoms with Gasteiger partial charge in [-0.3, -0.25) is 9.69 Å². The van der Waals surface area contributed by atoms with Gasteiger partial charge in [0.05, 0.1) is 12.3 Å². The number of ether oxygens (including phenoxy) is 1. The molecule has 2 aromatic rings. The van der Waals surface area contributed by atoms with E-state index < -0.39 is 0 Å². The van der Waals surface area contributed by atoms with E-state index in [0.717, 1.165) is 54.6 Å². The van der Waals surface area contributed by atoms with Crippen LogP contribution in [0, 0.1) is 0 Å². The summed E-state index contributed by atoms with van der Waals surface area (Å²) in [7, 11) is 0. The molecule has 2 heterocycles. The van der Waals surface area contributed by atoms with Crippen molar-refractivity contribution in [1.29, 1.82) is 0 Å². The summed E-state index contributed by atoms with van der Waals surface area (Å²) in [5.74, 6) is 0.820. The van der Waals surface area contributed by atoms with Crippen molar-refractivity contribution in [3.63, 3.8) is 0 Å². The van der Waals surface area contributed by atoms with Gasteiger partial charge in [-0.2, -0.15) is 0 Å². The van der Waals surface area contributed by atoms with E-state index in [1.54, 1.807) is 0 Å². The molecule has 2 N–H and O–H groups in total. The molecule has 0 radical (unpaired) electrons. The predicted octanol–water partition coefficient (Wildman–Crippen LogP) is 1.91. The highest BCUT2D eigenvalue weighted by molar-refractivity contribution is 7.09. The Hall–Kier alpha value is -1.63. The molecule has 118 valence electrons. The SMILES string of the molecule is CCOc1ccccc1-c1[nH]c(=O)sc1CN1CCNCC1. The van der Waals surface area contributed by atoms with Crippen molar-refractivity contribution in [3.8, 4) is 17.0 Å². The van der Waals surface area contributed by atoms with Crippen LogP contribution in [0.4, 0.5) is 0 Å². The number of aromatic amines is 1. The number of H-pyrrole nitrogens is 1. The Bertz CT molecular complexity index is 674. The largest absolute Gasteiger partial charge is 0.493 e. The van der Waals surface area contributed by atoms with Crippen molar-refractivity contribution in [1.82, 2.24) is 15.2 Å². The predicted molar refractivity (Wildman–Crippen MR) is 89.7 cm³/mol. The molecule has 1 aromatic carbocycles. The first-order valence-electron chi connectivity index (χ1n) is 7.65. The molecule has 5 nitrogen and oxygen atoms in total. The van der Waals surface area contributed by atoms with Crippen molar-refractivity contribution >= 4 is 11.3 Å². The molecule has 1 aliphatic heterocycles. The van der Waals surface area contributed by atoms with Gasteiger partial charge in [0.15, 0.2) is 0 Å². The number of hydrogen-bond acceptors (Lipinski definition) is 5.